The van der Waals surface area contributed by atoms with Gasteiger partial charge in [-0.3, -0.25) is 9.69 Å². The molecule has 0 unspecified atom stereocenters. The molecule has 2 aliphatic heterocycles. The molecule has 0 aromatic carbocycles. The van der Waals surface area contributed by atoms with Crippen LogP contribution in [0.5, 0.6) is 0 Å². The molecule has 2 aliphatic rings. The fourth-order valence-electron chi connectivity index (χ4n) is 2.62. The molecule has 2 saturated heterocycles. The number of rotatable bonds is 5. The van der Waals surface area contributed by atoms with Crippen molar-refractivity contribution in [3.8, 4) is 0 Å². The van der Waals surface area contributed by atoms with E-state index >= 15 is 0 Å². The van der Waals surface area contributed by atoms with Crippen molar-refractivity contribution in [3.05, 3.63) is 0 Å². The molecule has 0 aromatic rings. The summed E-state index contributed by atoms with van der Waals surface area (Å²) in [6.45, 7) is 8.99. The molecule has 92 valence electrons. The Labute approximate surface area is 98.2 Å². The van der Waals surface area contributed by atoms with Gasteiger partial charge in [-0.1, -0.05) is 0 Å². The van der Waals surface area contributed by atoms with Crippen LogP contribution in [0.15, 0.2) is 0 Å². The first kappa shape index (κ1) is 11.9. The number of carbonyl (C=O) groups is 1. The Balaban J connectivity index is 1.54. The summed E-state index contributed by atoms with van der Waals surface area (Å²) in [5.74, 6) is 0. The van der Waals surface area contributed by atoms with Crippen molar-refractivity contribution in [2.45, 2.75) is 19.3 Å². The highest BCUT2D eigenvalue weighted by atomic mass is 16.1. The maximum absolute atomic E-state index is 10.6. The second-order valence-corrected chi connectivity index (χ2v) is 4.89. The highest BCUT2D eigenvalue weighted by molar-refractivity contribution is 5.47. The van der Waals surface area contributed by atoms with Crippen LogP contribution in [0.2, 0.25) is 0 Å². The van der Waals surface area contributed by atoms with E-state index < -0.39 is 0 Å². The van der Waals surface area contributed by atoms with E-state index in [0.717, 1.165) is 32.6 Å². The molecule has 0 aromatic heterocycles. The van der Waals surface area contributed by atoms with Gasteiger partial charge in [0.25, 0.3) is 0 Å². The Hall–Kier alpha value is -0.610. The van der Waals surface area contributed by atoms with E-state index in [9.17, 15) is 4.79 Å². The lowest BCUT2D eigenvalue weighted by Crippen LogP contribution is -2.46. The standard InChI is InChI=1S/C12H23N3O/c16-12-15-10-8-14(9-11-15)7-3-6-13-4-1-2-5-13/h12H,1-11H2. The van der Waals surface area contributed by atoms with Crippen LogP contribution in [0, 0.1) is 0 Å². The van der Waals surface area contributed by atoms with Gasteiger partial charge >= 0.3 is 0 Å². The first-order chi connectivity index (χ1) is 7.88. The second kappa shape index (κ2) is 6.21. The van der Waals surface area contributed by atoms with Crippen LogP contribution in [0.3, 0.4) is 0 Å². The van der Waals surface area contributed by atoms with Crippen molar-refractivity contribution < 1.29 is 4.79 Å². The van der Waals surface area contributed by atoms with Crippen LogP contribution in [0.25, 0.3) is 0 Å². The lowest BCUT2D eigenvalue weighted by Gasteiger charge is -2.32. The molecule has 0 saturated carbocycles. The number of nitrogens with zero attached hydrogens (tertiary/aromatic N) is 3. The molecule has 2 heterocycles. The molecule has 4 nitrogen and oxygen atoms in total. The Bertz CT molecular complexity index is 208. The lowest BCUT2D eigenvalue weighted by atomic mass is 10.3. The van der Waals surface area contributed by atoms with Crippen LogP contribution >= 0.6 is 0 Å². The first-order valence-electron chi connectivity index (χ1n) is 6.52. The highest BCUT2D eigenvalue weighted by Crippen LogP contribution is 2.08. The summed E-state index contributed by atoms with van der Waals surface area (Å²) >= 11 is 0. The average molecular weight is 225 g/mol. The summed E-state index contributed by atoms with van der Waals surface area (Å²) in [4.78, 5) is 17.5. The van der Waals surface area contributed by atoms with Crippen LogP contribution in [-0.2, 0) is 4.79 Å². The summed E-state index contributed by atoms with van der Waals surface area (Å²) < 4.78 is 0. The normalized spacial score (nSPS) is 23.9. The van der Waals surface area contributed by atoms with Crippen molar-refractivity contribution in [2.75, 3.05) is 52.4 Å². The lowest BCUT2D eigenvalue weighted by molar-refractivity contribution is -0.119. The van der Waals surface area contributed by atoms with E-state index in [4.69, 9.17) is 0 Å². The molecule has 0 spiro atoms. The van der Waals surface area contributed by atoms with E-state index in [-0.39, 0.29) is 0 Å². The van der Waals surface area contributed by atoms with Gasteiger partial charge in [-0.05, 0) is 45.4 Å². The van der Waals surface area contributed by atoms with Crippen molar-refractivity contribution in [1.29, 1.82) is 0 Å². The zero-order valence-electron chi connectivity index (χ0n) is 10.1. The maximum atomic E-state index is 10.6. The molecule has 0 radical (unpaired) electrons. The largest absolute Gasteiger partial charge is 0.343 e. The summed E-state index contributed by atoms with van der Waals surface area (Å²) in [5, 5.41) is 0. The first-order valence-corrected chi connectivity index (χ1v) is 6.52. The molecule has 0 N–H and O–H groups in total. The quantitative estimate of drug-likeness (QED) is 0.627. The van der Waals surface area contributed by atoms with Gasteiger partial charge in [-0.2, -0.15) is 0 Å². The molecule has 2 rings (SSSR count). The smallest absolute Gasteiger partial charge is 0.209 e. The second-order valence-electron chi connectivity index (χ2n) is 4.89. The van der Waals surface area contributed by atoms with Gasteiger partial charge in [-0.25, -0.2) is 0 Å². The number of hydrogen-bond acceptors (Lipinski definition) is 3. The SMILES string of the molecule is O=CN1CCN(CCCN2CCCC2)CC1. The fraction of sp³-hybridized carbons (Fsp3) is 0.917. The highest BCUT2D eigenvalue weighted by Gasteiger charge is 2.15. The number of amides is 1. The van der Waals surface area contributed by atoms with Crippen molar-refractivity contribution >= 4 is 6.41 Å². The Kier molecular flexibility index (Phi) is 4.60. The summed E-state index contributed by atoms with van der Waals surface area (Å²) in [7, 11) is 0. The number of hydrogen-bond donors (Lipinski definition) is 0. The minimum absolute atomic E-state index is 0.910. The molecule has 0 bridgehead atoms. The molecule has 1 amide bonds. The number of carbonyl (C=O) groups excluding carboxylic acids is 1. The zero-order chi connectivity index (χ0) is 11.2. The molecule has 0 aliphatic carbocycles. The van der Waals surface area contributed by atoms with Gasteiger partial charge in [0.15, 0.2) is 0 Å². The third-order valence-corrected chi connectivity index (χ3v) is 3.70. The van der Waals surface area contributed by atoms with Gasteiger partial charge in [-0.15, -0.1) is 0 Å². The van der Waals surface area contributed by atoms with Crippen molar-refractivity contribution in [3.63, 3.8) is 0 Å². The summed E-state index contributed by atoms with van der Waals surface area (Å²) in [5.41, 5.74) is 0. The molecule has 2 fully saturated rings. The summed E-state index contributed by atoms with van der Waals surface area (Å²) in [6, 6.07) is 0. The average Bonchev–Trinajstić information content (AvgIpc) is 2.83. The van der Waals surface area contributed by atoms with Gasteiger partial charge in [0.1, 0.15) is 0 Å². The van der Waals surface area contributed by atoms with E-state index in [1.54, 1.807) is 0 Å². The predicted molar refractivity (Wildman–Crippen MR) is 64.4 cm³/mol. The van der Waals surface area contributed by atoms with Crippen molar-refractivity contribution in [1.82, 2.24) is 14.7 Å². The van der Waals surface area contributed by atoms with Crippen molar-refractivity contribution in [2.24, 2.45) is 0 Å². The fourth-order valence-corrected chi connectivity index (χ4v) is 2.62. The van der Waals surface area contributed by atoms with Gasteiger partial charge in [0.05, 0.1) is 0 Å². The van der Waals surface area contributed by atoms with Gasteiger partial charge in [0, 0.05) is 26.2 Å². The van der Waals surface area contributed by atoms with Crippen LogP contribution < -0.4 is 0 Å². The molecular formula is C12H23N3O. The van der Waals surface area contributed by atoms with E-state index in [2.05, 4.69) is 9.80 Å². The van der Waals surface area contributed by atoms with E-state index in [1.807, 2.05) is 4.90 Å². The van der Waals surface area contributed by atoms with E-state index in [1.165, 1.54) is 45.4 Å². The minimum atomic E-state index is 0.910. The predicted octanol–water partition coefficient (Wildman–Crippen LogP) is 0.246. The Morgan fingerprint density at radius 3 is 1.94 bits per heavy atom. The molecular weight excluding hydrogens is 202 g/mol. The van der Waals surface area contributed by atoms with Gasteiger partial charge < -0.3 is 9.80 Å². The molecule has 16 heavy (non-hydrogen) atoms. The number of likely N-dealkylation sites (tertiary alicyclic amines) is 1. The minimum Gasteiger partial charge on any atom is -0.343 e. The van der Waals surface area contributed by atoms with Gasteiger partial charge in [0.2, 0.25) is 6.41 Å². The van der Waals surface area contributed by atoms with E-state index in [0.29, 0.717) is 0 Å². The monoisotopic (exact) mass is 225 g/mol. The Morgan fingerprint density at radius 2 is 1.38 bits per heavy atom. The van der Waals surface area contributed by atoms with Crippen LogP contribution in [0.1, 0.15) is 19.3 Å². The molecule has 0 atom stereocenters. The maximum Gasteiger partial charge on any atom is 0.209 e. The summed E-state index contributed by atoms with van der Waals surface area (Å²) in [6.07, 6.45) is 5.03. The molecule has 4 heteroatoms. The topological polar surface area (TPSA) is 26.8 Å². The third-order valence-electron chi connectivity index (χ3n) is 3.70. The zero-order valence-corrected chi connectivity index (χ0v) is 10.1. The third kappa shape index (κ3) is 3.46. The Morgan fingerprint density at radius 1 is 0.812 bits per heavy atom. The van der Waals surface area contributed by atoms with Crippen LogP contribution in [0.4, 0.5) is 0 Å². The number of piperazine rings is 1. The van der Waals surface area contributed by atoms with Crippen LogP contribution in [-0.4, -0.2) is 73.5 Å².